The van der Waals surface area contributed by atoms with Crippen LogP contribution < -0.4 is 5.32 Å². The highest BCUT2D eigenvalue weighted by Gasteiger charge is 2.22. The van der Waals surface area contributed by atoms with Crippen LogP contribution in [0, 0.1) is 11.6 Å². The van der Waals surface area contributed by atoms with E-state index in [0.29, 0.717) is 12.2 Å². The minimum Gasteiger partial charge on any atom is -0.305 e. The number of pyridine rings is 1. The van der Waals surface area contributed by atoms with Gasteiger partial charge in [-0.05, 0) is 57.0 Å². The molecule has 0 aliphatic carbocycles. The zero-order valence-corrected chi connectivity index (χ0v) is 14.5. The number of nitrogens with one attached hydrogen (secondary N) is 1. The van der Waals surface area contributed by atoms with Crippen molar-refractivity contribution in [1.82, 2.24) is 10.3 Å². The molecule has 1 unspecified atom stereocenters. The van der Waals surface area contributed by atoms with Gasteiger partial charge >= 0.3 is 0 Å². The summed E-state index contributed by atoms with van der Waals surface area (Å²) in [5.41, 5.74) is 0.870. The third kappa shape index (κ3) is 3.87. The lowest BCUT2D eigenvalue weighted by molar-refractivity contribution is 0.477. The quantitative estimate of drug-likeness (QED) is 0.739. The molecular formula is C15H14Br2F2N2. The first-order valence-corrected chi connectivity index (χ1v) is 8.11. The monoisotopic (exact) mass is 418 g/mol. The summed E-state index contributed by atoms with van der Waals surface area (Å²) in [5.74, 6) is -1.70. The van der Waals surface area contributed by atoms with Crippen LogP contribution in [0.1, 0.15) is 30.6 Å². The first kappa shape index (κ1) is 16.5. The number of hydrogen-bond donors (Lipinski definition) is 1. The summed E-state index contributed by atoms with van der Waals surface area (Å²) in [6, 6.07) is 5.51. The SMILES string of the molecule is CCCNC(c1cccc(F)c1F)c1ncc(Br)cc1Br. The lowest BCUT2D eigenvalue weighted by Gasteiger charge is -2.20. The molecule has 0 radical (unpaired) electrons. The van der Waals surface area contributed by atoms with Gasteiger partial charge < -0.3 is 5.32 Å². The lowest BCUT2D eigenvalue weighted by atomic mass is 10.0. The van der Waals surface area contributed by atoms with E-state index in [1.54, 1.807) is 12.3 Å². The average molecular weight is 420 g/mol. The van der Waals surface area contributed by atoms with Gasteiger partial charge in [-0.3, -0.25) is 4.98 Å². The highest BCUT2D eigenvalue weighted by molar-refractivity contribution is 9.11. The highest BCUT2D eigenvalue weighted by Crippen LogP contribution is 2.30. The summed E-state index contributed by atoms with van der Waals surface area (Å²) >= 11 is 6.76. The maximum absolute atomic E-state index is 14.1. The maximum Gasteiger partial charge on any atom is 0.163 e. The second-order valence-electron chi connectivity index (χ2n) is 4.55. The molecular weight excluding hydrogens is 406 g/mol. The standard InChI is InChI=1S/C15H14Br2F2N2/c1-2-6-20-14(10-4-3-5-12(18)13(10)19)15-11(17)7-9(16)8-21-15/h3-5,7-8,14,20H,2,6H2,1H3. The van der Waals surface area contributed by atoms with E-state index >= 15 is 0 Å². The Labute approximate surface area is 139 Å². The molecule has 0 aliphatic heterocycles. The van der Waals surface area contributed by atoms with Gasteiger partial charge in [0.25, 0.3) is 0 Å². The molecule has 0 fully saturated rings. The van der Waals surface area contributed by atoms with E-state index in [1.165, 1.54) is 6.07 Å². The fourth-order valence-electron chi connectivity index (χ4n) is 2.02. The van der Waals surface area contributed by atoms with Crippen LogP contribution in [0.2, 0.25) is 0 Å². The van der Waals surface area contributed by atoms with E-state index < -0.39 is 17.7 Å². The molecule has 0 saturated heterocycles. The number of hydrogen-bond acceptors (Lipinski definition) is 2. The summed E-state index contributed by atoms with van der Waals surface area (Å²) in [4.78, 5) is 4.33. The van der Waals surface area contributed by atoms with Gasteiger partial charge in [-0.1, -0.05) is 19.1 Å². The van der Waals surface area contributed by atoms with Crippen LogP contribution in [-0.2, 0) is 0 Å². The van der Waals surface area contributed by atoms with Crippen molar-refractivity contribution in [3.63, 3.8) is 0 Å². The number of rotatable bonds is 5. The minimum atomic E-state index is -0.857. The van der Waals surface area contributed by atoms with E-state index in [1.807, 2.05) is 13.0 Å². The van der Waals surface area contributed by atoms with Crippen molar-refractivity contribution in [2.24, 2.45) is 0 Å². The number of aromatic nitrogens is 1. The van der Waals surface area contributed by atoms with Gasteiger partial charge in [-0.25, -0.2) is 8.78 Å². The molecule has 2 aromatic rings. The number of benzene rings is 1. The van der Waals surface area contributed by atoms with Crippen LogP contribution in [0.4, 0.5) is 8.78 Å². The molecule has 0 aliphatic rings. The van der Waals surface area contributed by atoms with Gasteiger partial charge in [0.2, 0.25) is 0 Å². The van der Waals surface area contributed by atoms with Gasteiger partial charge in [0.15, 0.2) is 11.6 Å². The Balaban J connectivity index is 2.49. The molecule has 1 N–H and O–H groups in total. The van der Waals surface area contributed by atoms with Crippen molar-refractivity contribution >= 4 is 31.9 Å². The fourth-order valence-corrected chi connectivity index (χ4v) is 3.24. The first-order chi connectivity index (χ1) is 10.0. The van der Waals surface area contributed by atoms with Crippen molar-refractivity contribution in [2.75, 3.05) is 6.54 Å². The largest absolute Gasteiger partial charge is 0.305 e. The summed E-state index contributed by atoms with van der Waals surface area (Å²) in [7, 11) is 0. The van der Waals surface area contributed by atoms with Crippen LogP contribution in [0.3, 0.4) is 0 Å². The van der Waals surface area contributed by atoms with Crippen molar-refractivity contribution in [3.05, 3.63) is 62.3 Å². The van der Waals surface area contributed by atoms with Gasteiger partial charge in [0.05, 0.1) is 11.7 Å². The Hall–Kier alpha value is -0.850. The second kappa shape index (κ2) is 7.42. The summed E-state index contributed by atoms with van der Waals surface area (Å²) in [6.45, 7) is 2.68. The highest BCUT2D eigenvalue weighted by atomic mass is 79.9. The molecule has 112 valence electrons. The Morgan fingerprint density at radius 1 is 1.29 bits per heavy atom. The molecule has 21 heavy (non-hydrogen) atoms. The Bertz CT molecular complexity index is 635. The molecule has 2 nitrogen and oxygen atoms in total. The Morgan fingerprint density at radius 2 is 2.05 bits per heavy atom. The average Bonchev–Trinajstić information content (AvgIpc) is 2.45. The summed E-state index contributed by atoms with van der Waals surface area (Å²) < 4.78 is 29.2. The van der Waals surface area contributed by atoms with Crippen LogP contribution in [-0.4, -0.2) is 11.5 Å². The molecule has 0 bridgehead atoms. The van der Waals surface area contributed by atoms with Gasteiger partial charge in [-0.15, -0.1) is 0 Å². The third-order valence-corrected chi connectivity index (χ3v) is 4.07. The predicted molar refractivity (Wildman–Crippen MR) is 86.1 cm³/mol. The summed E-state index contributed by atoms with van der Waals surface area (Å²) in [6.07, 6.45) is 2.51. The van der Waals surface area contributed by atoms with Crippen molar-refractivity contribution in [2.45, 2.75) is 19.4 Å². The van der Waals surface area contributed by atoms with Crippen LogP contribution in [0.15, 0.2) is 39.4 Å². The van der Waals surface area contributed by atoms with Gasteiger partial charge in [0, 0.05) is 20.7 Å². The molecule has 0 spiro atoms. The van der Waals surface area contributed by atoms with Crippen LogP contribution >= 0.6 is 31.9 Å². The van der Waals surface area contributed by atoms with Gasteiger partial charge in [0.1, 0.15) is 0 Å². The van der Waals surface area contributed by atoms with Crippen LogP contribution in [0.25, 0.3) is 0 Å². The van der Waals surface area contributed by atoms with Crippen molar-refractivity contribution < 1.29 is 8.78 Å². The Kier molecular flexibility index (Phi) is 5.84. The van der Waals surface area contributed by atoms with Crippen molar-refractivity contribution in [3.8, 4) is 0 Å². The second-order valence-corrected chi connectivity index (χ2v) is 6.32. The molecule has 2 rings (SSSR count). The molecule has 6 heteroatoms. The topological polar surface area (TPSA) is 24.9 Å². The predicted octanol–water partition coefficient (Wildman–Crippen LogP) is 4.97. The van der Waals surface area contributed by atoms with E-state index in [0.717, 1.165) is 21.4 Å². The zero-order chi connectivity index (χ0) is 15.4. The van der Waals surface area contributed by atoms with E-state index in [2.05, 4.69) is 42.2 Å². The normalized spacial score (nSPS) is 12.4. The molecule has 0 amide bonds. The molecule has 1 heterocycles. The van der Waals surface area contributed by atoms with E-state index in [9.17, 15) is 8.78 Å². The zero-order valence-electron chi connectivity index (χ0n) is 11.3. The third-order valence-electron chi connectivity index (χ3n) is 3.00. The molecule has 1 atom stereocenters. The van der Waals surface area contributed by atoms with Crippen LogP contribution in [0.5, 0.6) is 0 Å². The number of halogens is 4. The van der Waals surface area contributed by atoms with Crippen molar-refractivity contribution in [1.29, 1.82) is 0 Å². The first-order valence-electron chi connectivity index (χ1n) is 6.52. The van der Waals surface area contributed by atoms with E-state index in [4.69, 9.17) is 0 Å². The molecule has 0 saturated carbocycles. The molecule has 1 aromatic heterocycles. The smallest absolute Gasteiger partial charge is 0.163 e. The molecule has 1 aromatic carbocycles. The van der Waals surface area contributed by atoms with Gasteiger partial charge in [-0.2, -0.15) is 0 Å². The Morgan fingerprint density at radius 3 is 2.71 bits per heavy atom. The maximum atomic E-state index is 14.1. The lowest BCUT2D eigenvalue weighted by Crippen LogP contribution is -2.25. The summed E-state index contributed by atoms with van der Waals surface area (Å²) in [5, 5.41) is 3.22. The fraction of sp³-hybridized carbons (Fsp3) is 0.267. The minimum absolute atomic E-state index is 0.249. The van der Waals surface area contributed by atoms with E-state index in [-0.39, 0.29) is 5.56 Å². The number of nitrogens with zero attached hydrogens (tertiary/aromatic N) is 1.